The molecule has 1 aliphatic carbocycles. The number of amides is 1. The Bertz CT molecular complexity index is 708. The number of nitrogens with one attached hydrogen (secondary N) is 1. The number of anilines is 1. The molecule has 1 aliphatic rings. The van der Waals surface area contributed by atoms with Crippen molar-refractivity contribution < 1.29 is 9.72 Å². The first-order chi connectivity index (χ1) is 10.0. The van der Waals surface area contributed by atoms with Crippen molar-refractivity contribution >= 4 is 29.0 Å². The van der Waals surface area contributed by atoms with Crippen LogP contribution in [0.25, 0.3) is 0 Å². The van der Waals surface area contributed by atoms with Crippen molar-refractivity contribution in [3.05, 3.63) is 45.6 Å². The van der Waals surface area contributed by atoms with Gasteiger partial charge in [0.05, 0.1) is 23.5 Å². The average Bonchev–Trinajstić information content (AvgIpc) is 3.19. The minimum atomic E-state index is -0.516. The normalized spacial score (nSPS) is 14.0. The van der Waals surface area contributed by atoms with E-state index < -0.39 is 10.8 Å². The number of carbonyl (C=O) groups excluding carboxylic acids is 1. The van der Waals surface area contributed by atoms with Crippen molar-refractivity contribution in [3.8, 4) is 0 Å². The summed E-state index contributed by atoms with van der Waals surface area (Å²) in [4.78, 5) is 30.3. The first-order valence-electron chi connectivity index (χ1n) is 6.20. The third kappa shape index (κ3) is 2.84. The van der Waals surface area contributed by atoms with E-state index in [-0.39, 0.29) is 28.4 Å². The maximum absolute atomic E-state index is 12.2. The Hall–Kier alpha value is -2.48. The first-order valence-corrected chi connectivity index (χ1v) is 6.57. The van der Waals surface area contributed by atoms with Gasteiger partial charge in [0.25, 0.3) is 11.6 Å². The molecule has 108 valence electrons. The second kappa shape index (κ2) is 5.13. The van der Waals surface area contributed by atoms with E-state index in [9.17, 15) is 14.9 Å². The number of carbonyl (C=O) groups is 1. The zero-order valence-corrected chi connectivity index (χ0v) is 11.4. The van der Waals surface area contributed by atoms with E-state index in [4.69, 9.17) is 11.6 Å². The molecule has 21 heavy (non-hydrogen) atoms. The highest BCUT2D eigenvalue weighted by Gasteiger charge is 2.30. The summed E-state index contributed by atoms with van der Waals surface area (Å²) in [5, 5.41) is 13.6. The molecule has 1 amide bonds. The van der Waals surface area contributed by atoms with E-state index in [1.54, 1.807) is 4.57 Å². The van der Waals surface area contributed by atoms with E-state index in [2.05, 4.69) is 15.3 Å². The number of nitrogens with zero attached hydrogens (tertiary/aromatic N) is 4. The van der Waals surface area contributed by atoms with E-state index in [0.717, 1.165) is 12.8 Å². The molecule has 0 saturated heterocycles. The molecule has 1 N–H and O–H groups in total. The molecule has 9 heteroatoms. The number of hydrogen-bond acceptors (Lipinski definition) is 5. The molecule has 3 rings (SSSR count). The largest absolute Gasteiger partial charge is 0.334 e. The fraction of sp³-hybridized carbons (Fsp3) is 0.250. The standard InChI is InChI=1S/C12H10ClN5O3/c13-10-4-15-11(5-14-10)16-12(19)9-3-8(18(20)21)6-17(9)7-1-2-7/h3-7H,1-2H2,(H,15,16,19). The third-order valence-corrected chi connectivity index (χ3v) is 3.27. The van der Waals surface area contributed by atoms with Crippen LogP contribution in [0.3, 0.4) is 0 Å². The van der Waals surface area contributed by atoms with E-state index >= 15 is 0 Å². The summed E-state index contributed by atoms with van der Waals surface area (Å²) in [6.07, 6.45) is 5.83. The zero-order valence-electron chi connectivity index (χ0n) is 10.7. The summed E-state index contributed by atoms with van der Waals surface area (Å²) in [6.45, 7) is 0. The molecule has 1 fully saturated rings. The predicted octanol–water partition coefficient (Wildman–Crippen LogP) is 2.43. The molecular weight excluding hydrogens is 298 g/mol. The smallest absolute Gasteiger partial charge is 0.287 e. The molecule has 8 nitrogen and oxygen atoms in total. The maximum atomic E-state index is 12.2. The fourth-order valence-electron chi connectivity index (χ4n) is 1.96. The molecule has 0 spiro atoms. The van der Waals surface area contributed by atoms with Crippen LogP contribution in [0.4, 0.5) is 11.5 Å². The van der Waals surface area contributed by atoms with Gasteiger partial charge < -0.3 is 9.88 Å². The van der Waals surface area contributed by atoms with Gasteiger partial charge in [-0.15, -0.1) is 0 Å². The lowest BCUT2D eigenvalue weighted by molar-refractivity contribution is -0.384. The van der Waals surface area contributed by atoms with Crippen LogP contribution in [-0.2, 0) is 0 Å². The highest BCUT2D eigenvalue weighted by atomic mass is 35.5. The number of aromatic nitrogens is 3. The molecular formula is C12H10ClN5O3. The lowest BCUT2D eigenvalue weighted by Crippen LogP contribution is -2.17. The van der Waals surface area contributed by atoms with Gasteiger partial charge in [0, 0.05) is 12.1 Å². The molecule has 2 aromatic rings. The van der Waals surface area contributed by atoms with Gasteiger partial charge in [-0.2, -0.15) is 0 Å². The summed E-state index contributed by atoms with van der Waals surface area (Å²) >= 11 is 5.61. The van der Waals surface area contributed by atoms with Gasteiger partial charge >= 0.3 is 0 Å². The summed E-state index contributed by atoms with van der Waals surface area (Å²) in [7, 11) is 0. The molecule has 0 bridgehead atoms. The Morgan fingerprint density at radius 2 is 2.19 bits per heavy atom. The summed E-state index contributed by atoms with van der Waals surface area (Å²) in [6, 6.07) is 1.41. The number of hydrogen-bond donors (Lipinski definition) is 1. The summed E-state index contributed by atoms with van der Waals surface area (Å²) in [5.41, 5.74) is 0.134. The van der Waals surface area contributed by atoms with Gasteiger partial charge in [-0.3, -0.25) is 14.9 Å². The van der Waals surface area contributed by atoms with Crippen LogP contribution in [-0.4, -0.2) is 25.4 Å². The lowest BCUT2D eigenvalue weighted by atomic mass is 10.3. The predicted molar refractivity (Wildman–Crippen MR) is 74.4 cm³/mol. The van der Waals surface area contributed by atoms with Crippen LogP contribution < -0.4 is 5.32 Å². The molecule has 0 radical (unpaired) electrons. The molecule has 0 aliphatic heterocycles. The van der Waals surface area contributed by atoms with Crippen molar-refractivity contribution in [2.24, 2.45) is 0 Å². The minimum Gasteiger partial charge on any atom is -0.334 e. The van der Waals surface area contributed by atoms with Crippen LogP contribution in [0.5, 0.6) is 0 Å². The van der Waals surface area contributed by atoms with Crippen molar-refractivity contribution in [1.82, 2.24) is 14.5 Å². The molecule has 0 unspecified atom stereocenters. The van der Waals surface area contributed by atoms with Gasteiger partial charge in [-0.1, -0.05) is 11.6 Å². The summed E-state index contributed by atoms with van der Waals surface area (Å²) in [5.74, 6) is -0.234. The second-order valence-electron chi connectivity index (χ2n) is 4.66. The van der Waals surface area contributed by atoms with Crippen LogP contribution in [0.1, 0.15) is 29.4 Å². The molecule has 2 aromatic heterocycles. The highest BCUT2D eigenvalue weighted by Crippen LogP contribution is 2.38. The zero-order chi connectivity index (χ0) is 15.0. The Labute approximate surface area is 123 Å². The van der Waals surface area contributed by atoms with Gasteiger partial charge in [-0.05, 0) is 12.8 Å². The van der Waals surface area contributed by atoms with Crippen molar-refractivity contribution in [3.63, 3.8) is 0 Å². The Morgan fingerprint density at radius 3 is 2.76 bits per heavy atom. The third-order valence-electron chi connectivity index (χ3n) is 3.08. The number of rotatable bonds is 4. The van der Waals surface area contributed by atoms with Crippen LogP contribution in [0.15, 0.2) is 24.7 Å². The lowest BCUT2D eigenvalue weighted by Gasteiger charge is -2.07. The van der Waals surface area contributed by atoms with E-state index in [0.29, 0.717) is 0 Å². The van der Waals surface area contributed by atoms with Crippen molar-refractivity contribution in [2.45, 2.75) is 18.9 Å². The van der Waals surface area contributed by atoms with Crippen molar-refractivity contribution in [1.29, 1.82) is 0 Å². The van der Waals surface area contributed by atoms with Crippen LogP contribution in [0, 0.1) is 10.1 Å². The highest BCUT2D eigenvalue weighted by molar-refractivity contribution is 6.29. The number of halogens is 1. The van der Waals surface area contributed by atoms with E-state index in [1.807, 2.05) is 0 Å². The molecule has 2 heterocycles. The van der Waals surface area contributed by atoms with Gasteiger partial charge in [0.1, 0.15) is 10.8 Å². The monoisotopic (exact) mass is 307 g/mol. The van der Waals surface area contributed by atoms with Crippen LogP contribution >= 0.6 is 11.6 Å². The Balaban J connectivity index is 1.86. The van der Waals surface area contributed by atoms with Crippen LogP contribution in [0.2, 0.25) is 5.15 Å². The quantitative estimate of drug-likeness (QED) is 0.690. The topological polar surface area (TPSA) is 103 Å². The van der Waals surface area contributed by atoms with Crippen molar-refractivity contribution in [2.75, 3.05) is 5.32 Å². The van der Waals surface area contributed by atoms with Gasteiger partial charge in [0.15, 0.2) is 5.82 Å². The average molecular weight is 308 g/mol. The Morgan fingerprint density at radius 1 is 1.43 bits per heavy atom. The summed E-state index contributed by atoms with van der Waals surface area (Å²) < 4.78 is 1.64. The fourth-order valence-corrected chi connectivity index (χ4v) is 2.06. The molecule has 0 atom stereocenters. The second-order valence-corrected chi connectivity index (χ2v) is 5.04. The SMILES string of the molecule is O=C(Nc1cnc(Cl)cn1)c1cc([N+](=O)[O-])cn1C1CC1. The molecule has 1 saturated carbocycles. The number of nitro groups is 1. The van der Waals surface area contributed by atoms with Gasteiger partial charge in [-0.25, -0.2) is 9.97 Å². The van der Waals surface area contributed by atoms with E-state index in [1.165, 1.54) is 24.7 Å². The van der Waals surface area contributed by atoms with Gasteiger partial charge in [0.2, 0.25) is 0 Å². The maximum Gasteiger partial charge on any atom is 0.287 e. The molecule has 0 aromatic carbocycles. The Kier molecular flexibility index (Phi) is 3.30. The first kappa shape index (κ1) is 13.5. The minimum absolute atomic E-state index is 0.103.